The third-order valence-corrected chi connectivity index (χ3v) is 4.43. The molecular formula is C16H17ClN2O2. The first kappa shape index (κ1) is 14.1. The van der Waals surface area contributed by atoms with Crippen LogP contribution in [-0.4, -0.2) is 23.4 Å². The lowest BCUT2D eigenvalue weighted by Crippen LogP contribution is -2.35. The molecular weight excluding hydrogens is 288 g/mol. The standard InChI is InChI=1S/C16H17ClN2O2/c1-10-3-2-4-12(7-10)18-9-19-15(20)13-6-5-11(17)8-14(13)16(19)21/h2-5,7,13-14,18H,6,8-9H2,1H3. The van der Waals surface area contributed by atoms with Crippen LogP contribution in [0.1, 0.15) is 18.4 Å². The van der Waals surface area contributed by atoms with E-state index in [4.69, 9.17) is 11.6 Å². The lowest BCUT2D eigenvalue weighted by atomic mass is 9.85. The number of aryl methyl sites for hydroxylation is 1. The van der Waals surface area contributed by atoms with E-state index in [1.807, 2.05) is 37.3 Å². The van der Waals surface area contributed by atoms with Gasteiger partial charge in [-0.2, -0.15) is 0 Å². The third-order valence-electron chi connectivity index (χ3n) is 4.12. The van der Waals surface area contributed by atoms with E-state index in [0.717, 1.165) is 11.3 Å². The molecule has 110 valence electrons. The van der Waals surface area contributed by atoms with Gasteiger partial charge in [-0.05, 0) is 37.5 Å². The molecule has 0 saturated carbocycles. The number of imide groups is 1. The minimum absolute atomic E-state index is 0.0921. The molecule has 0 aromatic heterocycles. The normalized spacial score (nSPS) is 24.9. The minimum Gasteiger partial charge on any atom is -0.367 e. The molecule has 5 heteroatoms. The van der Waals surface area contributed by atoms with Crippen LogP contribution in [-0.2, 0) is 9.59 Å². The van der Waals surface area contributed by atoms with Crippen LogP contribution in [0.2, 0.25) is 0 Å². The molecule has 1 heterocycles. The lowest BCUT2D eigenvalue weighted by Gasteiger charge is -2.17. The highest BCUT2D eigenvalue weighted by molar-refractivity contribution is 6.30. The van der Waals surface area contributed by atoms with Crippen molar-refractivity contribution in [2.45, 2.75) is 19.8 Å². The number of hydrogen-bond acceptors (Lipinski definition) is 3. The van der Waals surface area contributed by atoms with Gasteiger partial charge in [-0.3, -0.25) is 14.5 Å². The molecule has 2 aliphatic rings. The Morgan fingerprint density at radius 3 is 2.81 bits per heavy atom. The van der Waals surface area contributed by atoms with Crippen molar-refractivity contribution in [1.82, 2.24) is 4.90 Å². The summed E-state index contributed by atoms with van der Waals surface area (Å²) in [7, 11) is 0. The van der Waals surface area contributed by atoms with Gasteiger partial charge in [0.05, 0.1) is 18.5 Å². The fourth-order valence-corrected chi connectivity index (χ4v) is 3.23. The highest BCUT2D eigenvalue weighted by Crippen LogP contribution is 2.38. The average Bonchev–Trinajstić information content (AvgIpc) is 2.69. The number of benzene rings is 1. The summed E-state index contributed by atoms with van der Waals surface area (Å²) in [4.78, 5) is 26.0. The molecule has 1 aromatic carbocycles. The fraction of sp³-hybridized carbons (Fsp3) is 0.375. The Morgan fingerprint density at radius 2 is 2.05 bits per heavy atom. The predicted octanol–water partition coefficient (Wildman–Crippen LogP) is 2.88. The summed E-state index contributed by atoms with van der Waals surface area (Å²) in [5.41, 5.74) is 2.03. The Kier molecular flexibility index (Phi) is 3.72. The van der Waals surface area contributed by atoms with Gasteiger partial charge in [0.25, 0.3) is 0 Å². The summed E-state index contributed by atoms with van der Waals surface area (Å²) in [5, 5.41) is 3.83. The molecule has 1 saturated heterocycles. The number of amides is 2. The molecule has 1 N–H and O–H groups in total. The van der Waals surface area contributed by atoms with Crippen LogP contribution in [0.5, 0.6) is 0 Å². The molecule has 2 unspecified atom stereocenters. The Labute approximate surface area is 128 Å². The van der Waals surface area contributed by atoms with E-state index >= 15 is 0 Å². The number of hydrogen-bond donors (Lipinski definition) is 1. The van der Waals surface area contributed by atoms with Crippen molar-refractivity contribution in [3.8, 4) is 0 Å². The summed E-state index contributed by atoms with van der Waals surface area (Å²) < 4.78 is 0. The molecule has 1 aromatic rings. The minimum atomic E-state index is -0.283. The van der Waals surface area contributed by atoms with Crippen molar-refractivity contribution in [3.05, 3.63) is 40.9 Å². The van der Waals surface area contributed by atoms with Gasteiger partial charge in [-0.15, -0.1) is 0 Å². The van der Waals surface area contributed by atoms with Crippen molar-refractivity contribution in [2.75, 3.05) is 12.0 Å². The second-order valence-electron chi connectivity index (χ2n) is 5.61. The van der Waals surface area contributed by atoms with Crippen LogP contribution in [0, 0.1) is 18.8 Å². The van der Waals surface area contributed by atoms with E-state index in [1.165, 1.54) is 4.90 Å². The van der Waals surface area contributed by atoms with Gasteiger partial charge in [0.15, 0.2) is 0 Å². The molecule has 2 atom stereocenters. The lowest BCUT2D eigenvalue weighted by molar-refractivity contribution is -0.139. The van der Waals surface area contributed by atoms with Gasteiger partial charge in [-0.25, -0.2) is 0 Å². The maximum Gasteiger partial charge on any atom is 0.234 e. The number of halogens is 1. The van der Waals surface area contributed by atoms with Crippen molar-refractivity contribution in [3.63, 3.8) is 0 Å². The number of allylic oxidation sites excluding steroid dienone is 2. The topological polar surface area (TPSA) is 49.4 Å². The van der Waals surface area contributed by atoms with Crippen LogP contribution in [0.3, 0.4) is 0 Å². The van der Waals surface area contributed by atoms with Crippen molar-refractivity contribution < 1.29 is 9.59 Å². The first-order valence-corrected chi connectivity index (χ1v) is 7.44. The number of nitrogens with zero attached hydrogens (tertiary/aromatic N) is 1. The number of fused-ring (bicyclic) bond motifs is 1. The summed E-state index contributed by atoms with van der Waals surface area (Å²) in [5.74, 6) is -0.726. The highest BCUT2D eigenvalue weighted by Gasteiger charge is 2.48. The number of nitrogens with one attached hydrogen (secondary N) is 1. The Balaban J connectivity index is 1.70. The van der Waals surface area contributed by atoms with Crippen LogP contribution in [0.4, 0.5) is 5.69 Å². The number of carbonyl (C=O) groups is 2. The SMILES string of the molecule is Cc1cccc(NCN2C(=O)C3CC=C(Cl)CC3C2=O)c1. The van der Waals surface area contributed by atoms with E-state index < -0.39 is 0 Å². The van der Waals surface area contributed by atoms with E-state index in [2.05, 4.69) is 5.32 Å². The van der Waals surface area contributed by atoms with E-state index in [0.29, 0.717) is 17.9 Å². The zero-order valence-corrected chi connectivity index (χ0v) is 12.6. The summed E-state index contributed by atoms with van der Waals surface area (Å²) >= 11 is 6.00. The zero-order chi connectivity index (χ0) is 15.0. The van der Waals surface area contributed by atoms with Crippen LogP contribution in [0.15, 0.2) is 35.4 Å². The van der Waals surface area contributed by atoms with Crippen LogP contribution < -0.4 is 5.32 Å². The molecule has 3 rings (SSSR count). The van der Waals surface area contributed by atoms with Gasteiger partial charge in [0.1, 0.15) is 0 Å². The van der Waals surface area contributed by atoms with E-state index in [-0.39, 0.29) is 30.3 Å². The fourth-order valence-electron chi connectivity index (χ4n) is 2.98. The highest BCUT2D eigenvalue weighted by atomic mass is 35.5. The molecule has 0 radical (unpaired) electrons. The second-order valence-corrected chi connectivity index (χ2v) is 6.10. The summed E-state index contributed by atoms with van der Waals surface area (Å²) in [6.07, 6.45) is 2.90. The Hall–Kier alpha value is -1.81. The van der Waals surface area contributed by atoms with Gasteiger partial charge in [-0.1, -0.05) is 29.8 Å². The number of likely N-dealkylation sites (tertiary alicyclic amines) is 1. The molecule has 1 aliphatic heterocycles. The van der Waals surface area contributed by atoms with Crippen LogP contribution >= 0.6 is 11.6 Å². The first-order valence-electron chi connectivity index (χ1n) is 7.06. The first-order chi connectivity index (χ1) is 10.1. The van der Waals surface area contributed by atoms with Crippen molar-refractivity contribution >= 4 is 29.1 Å². The molecule has 1 aliphatic carbocycles. The largest absolute Gasteiger partial charge is 0.367 e. The van der Waals surface area contributed by atoms with Crippen molar-refractivity contribution in [2.24, 2.45) is 11.8 Å². The van der Waals surface area contributed by atoms with Gasteiger partial charge < -0.3 is 5.32 Å². The van der Waals surface area contributed by atoms with Crippen LogP contribution in [0.25, 0.3) is 0 Å². The number of anilines is 1. The van der Waals surface area contributed by atoms with Gasteiger partial charge in [0.2, 0.25) is 11.8 Å². The maximum atomic E-state index is 12.4. The zero-order valence-electron chi connectivity index (χ0n) is 11.8. The smallest absolute Gasteiger partial charge is 0.234 e. The molecule has 4 nitrogen and oxygen atoms in total. The monoisotopic (exact) mass is 304 g/mol. The third kappa shape index (κ3) is 2.68. The molecule has 0 bridgehead atoms. The second kappa shape index (κ2) is 5.53. The number of rotatable bonds is 3. The summed E-state index contributed by atoms with van der Waals surface area (Å²) in [6.45, 7) is 2.21. The average molecular weight is 305 g/mol. The Morgan fingerprint density at radius 1 is 1.29 bits per heavy atom. The van der Waals surface area contributed by atoms with E-state index in [9.17, 15) is 9.59 Å². The van der Waals surface area contributed by atoms with Gasteiger partial charge >= 0.3 is 0 Å². The predicted molar refractivity (Wildman–Crippen MR) is 81.7 cm³/mol. The molecule has 1 fully saturated rings. The van der Waals surface area contributed by atoms with Crippen molar-refractivity contribution in [1.29, 1.82) is 0 Å². The number of carbonyl (C=O) groups excluding carboxylic acids is 2. The molecule has 0 spiro atoms. The molecule has 21 heavy (non-hydrogen) atoms. The van der Waals surface area contributed by atoms with E-state index in [1.54, 1.807) is 0 Å². The Bertz CT molecular complexity index is 626. The quantitative estimate of drug-likeness (QED) is 0.874. The maximum absolute atomic E-state index is 12.4. The summed E-state index contributed by atoms with van der Waals surface area (Å²) in [6, 6.07) is 7.84. The van der Waals surface area contributed by atoms with Gasteiger partial charge in [0, 0.05) is 10.7 Å². The molecule has 2 amide bonds.